The van der Waals surface area contributed by atoms with Gasteiger partial charge in [0.15, 0.2) is 11.6 Å². The maximum atomic E-state index is 13.1. The van der Waals surface area contributed by atoms with Crippen molar-refractivity contribution in [3.8, 4) is 22.3 Å². The highest BCUT2D eigenvalue weighted by Crippen LogP contribution is 2.33. The van der Waals surface area contributed by atoms with Crippen molar-refractivity contribution in [2.75, 3.05) is 0 Å². The van der Waals surface area contributed by atoms with Crippen LogP contribution in [-0.2, 0) is 0 Å². The van der Waals surface area contributed by atoms with Crippen LogP contribution in [0.4, 0.5) is 0 Å². The normalized spacial score (nSPS) is 12.4. The lowest BCUT2D eigenvalue weighted by molar-refractivity contribution is 0.0979. The van der Waals surface area contributed by atoms with Crippen molar-refractivity contribution in [1.82, 2.24) is 0 Å². The van der Waals surface area contributed by atoms with Crippen molar-refractivity contribution in [2.45, 2.75) is 0 Å². The minimum atomic E-state index is -0.0954. The fourth-order valence-corrected chi connectivity index (χ4v) is 3.77. The summed E-state index contributed by atoms with van der Waals surface area (Å²) in [6, 6.07) is 30.8. The van der Waals surface area contributed by atoms with Crippen LogP contribution >= 0.6 is 0 Å². The molecule has 0 bridgehead atoms. The van der Waals surface area contributed by atoms with Gasteiger partial charge in [-0.3, -0.25) is 9.59 Å². The summed E-state index contributed by atoms with van der Waals surface area (Å²) < 4.78 is 0. The van der Waals surface area contributed by atoms with Crippen LogP contribution in [0.1, 0.15) is 31.8 Å². The Morgan fingerprint density at radius 2 is 0.750 bits per heavy atom. The van der Waals surface area contributed by atoms with Gasteiger partial charge in [-0.2, -0.15) is 0 Å². The average Bonchev–Trinajstić information content (AvgIpc) is 2.78. The summed E-state index contributed by atoms with van der Waals surface area (Å²) >= 11 is 0. The molecular formula is C26H16O2. The van der Waals surface area contributed by atoms with E-state index in [0.29, 0.717) is 22.3 Å². The molecule has 2 heteroatoms. The van der Waals surface area contributed by atoms with Crippen LogP contribution in [0.15, 0.2) is 97.1 Å². The van der Waals surface area contributed by atoms with E-state index in [4.69, 9.17) is 0 Å². The Morgan fingerprint density at radius 1 is 0.357 bits per heavy atom. The molecule has 0 atom stereocenters. The summed E-state index contributed by atoms with van der Waals surface area (Å²) in [5.41, 5.74) is 5.82. The van der Waals surface area contributed by atoms with Crippen molar-refractivity contribution >= 4 is 11.6 Å². The minimum Gasteiger partial charge on any atom is -0.289 e. The molecule has 1 aliphatic rings. The lowest BCUT2D eigenvalue weighted by Crippen LogP contribution is -2.21. The summed E-state index contributed by atoms with van der Waals surface area (Å²) in [7, 11) is 0. The predicted molar refractivity (Wildman–Crippen MR) is 111 cm³/mol. The molecule has 0 unspecified atom stereocenters. The second-order valence-corrected chi connectivity index (χ2v) is 6.91. The van der Waals surface area contributed by atoms with Crippen molar-refractivity contribution < 1.29 is 9.59 Å². The first-order valence-corrected chi connectivity index (χ1v) is 9.21. The van der Waals surface area contributed by atoms with E-state index in [9.17, 15) is 9.59 Å². The Morgan fingerprint density at radius 3 is 1.14 bits per heavy atom. The first-order valence-electron chi connectivity index (χ1n) is 9.21. The SMILES string of the molecule is O=C1c2ccc(-c3ccccc3)cc2C(=O)c2ccc(-c3ccccc3)cc21. The Balaban J connectivity index is 1.62. The van der Waals surface area contributed by atoms with Gasteiger partial charge in [-0.15, -0.1) is 0 Å². The summed E-state index contributed by atoms with van der Waals surface area (Å²) in [6.07, 6.45) is 0. The van der Waals surface area contributed by atoms with Crippen molar-refractivity contribution in [1.29, 1.82) is 0 Å². The highest BCUT2D eigenvalue weighted by molar-refractivity contribution is 6.29. The lowest BCUT2D eigenvalue weighted by atomic mass is 9.81. The maximum absolute atomic E-state index is 13.1. The van der Waals surface area contributed by atoms with Crippen molar-refractivity contribution in [3.63, 3.8) is 0 Å². The topological polar surface area (TPSA) is 34.1 Å². The number of hydrogen-bond donors (Lipinski definition) is 0. The summed E-state index contributed by atoms with van der Waals surface area (Å²) in [5.74, 6) is -0.191. The molecule has 1 aliphatic carbocycles. The van der Waals surface area contributed by atoms with Crippen LogP contribution in [0, 0.1) is 0 Å². The molecule has 0 fully saturated rings. The molecule has 4 aromatic carbocycles. The van der Waals surface area contributed by atoms with Crippen LogP contribution in [0.5, 0.6) is 0 Å². The molecule has 0 heterocycles. The zero-order chi connectivity index (χ0) is 19.1. The number of rotatable bonds is 2. The predicted octanol–water partition coefficient (Wildman–Crippen LogP) is 5.80. The van der Waals surface area contributed by atoms with Crippen molar-refractivity contribution in [3.05, 3.63) is 119 Å². The average molecular weight is 360 g/mol. The first-order chi connectivity index (χ1) is 13.7. The molecule has 0 aliphatic heterocycles. The zero-order valence-corrected chi connectivity index (χ0v) is 15.1. The number of fused-ring (bicyclic) bond motifs is 2. The maximum Gasteiger partial charge on any atom is 0.194 e. The second kappa shape index (κ2) is 6.43. The summed E-state index contributed by atoms with van der Waals surface area (Å²) in [5, 5.41) is 0. The Labute approximate surface area is 163 Å². The van der Waals surface area contributed by atoms with Gasteiger partial charge < -0.3 is 0 Å². The molecule has 0 aromatic heterocycles. The molecule has 2 nitrogen and oxygen atoms in total. The molecule has 132 valence electrons. The van der Waals surface area contributed by atoms with Crippen LogP contribution in [0.3, 0.4) is 0 Å². The molecule has 0 saturated carbocycles. The number of hydrogen-bond acceptors (Lipinski definition) is 2. The molecule has 5 rings (SSSR count). The monoisotopic (exact) mass is 360 g/mol. The van der Waals surface area contributed by atoms with Gasteiger partial charge in [-0.25, -0.2) is 0 Å². The van der Waals surface area contributed by atoms with Gasteiger partial charge in [-0.05, 0) is 46.5 Å². The van der Waals surface area contributed by atoms with Gasteiger partial charge in [0.1, 0.15) is 0 Å². The quantitative estimate of drug-likeness (QED) is 0.399. The van der Waals surface area contributed by atoms with Gasteiger partial charge in [0.05, 0.1) is 0 Å². The number of ketones is 2. The van der Waals surface area contributed by atoms with E-state index in [0.717, 1.165) is 22.3 Å². The molecule has 0 spiro atoms. The van der Waals surface area contributed by atoms with Gasteiger partial charge in [0.25, 0.3) is 0 Å². The highest BCUT2D eigenvalue weighted by Gasteiger charge is 2.30. The van der Waals surface area contributed by atoms with Crippen LogP contribution < -0.4 is 0 Å². The third-order valence-corrected chi connectivity index (χ3v) is 5.23. The molecule has 0 saturated heterocycles. The molecular weight excluding hydrogens is 344 g/mol. The second-order valence-electron chi connectivity index (χ2n) is 6.91. The van der Waals surface area contributed by atoms with E-state index in [1.807, 2.05) is 84.9 Å². The number of carbonyl (C=O) groups is 2. The lowest BCUT2D eigenvalue weighted by Gasteiger charge is -2.19. The fourth-order valence-electron chi connectivity index (χ4n) is 3.77. The molecule has 28 heavy (non-hydrogen) atoms. The van der Waals surface area contributed by atoms with Gasteiger partial charge in [-0.1, -0.05) is 72.8 Å². The van der Waals surface area contributed by atoms with E-state index < -0.39 is 0 Å². The van der Waals surface area contributed by atoms with E-state index in [2.05, 4.69) is 0 Å². The third kappa shape index (κ3) is 2.58. The van der Waals surface area contributed by atoms with E-state index in [-0.39, 0.29) is 11.6 Å². The summed E-state index contributed by atoms with van der Waals surface area (Å²) in [6.45, 7) is 0. The first kappa shape index (κ1) is 16.4. The Kier molecular flexibility index (Phi) is 3.77. The molecule has 0 N–H and O–H groups in total. The smallest absolute Gasteiger partial charge is 0.194 e. The molecule has 0 radical (unpaired) electrons. The van der Waals surface area contributed by atoms with Crippen LogP contribution in [0.25, 0.3) is 22.3 Å². The molecule has 0 amide bonds. The molecule has 4 aromatic rings. The van der Waals surface area contributed by atoms with Gasteiger partial charge in [0.2, 0.25) is 0 Å². The fraction of sp³-hybridized carbons (Fsp3) is 0. The largest absolute Gasteiger partial charge is 0.289 e. The van der Waals surface area contributed by atoms with Crippen LogP contribution in [0.2, 0.25) is 0 Å². The van der Waals surface area contributed by atoms with Gasteiger partial charge in [0, 0.05) is 22.3 Å². The van der Waals surface area contributed by atoms with E-state index >= 15 is 0 Å². The number of benzene rings is 4. The van der Waals surface area contributed by atoms with Crippen LogP contribution in [-0.4, -0.2) is 11.6 Å². The van der Waals surface area contributed by atoms with E-state index in [1.165, 1.54) is 0 Å². The Bertz CT molecular complexity index is 1120. The van der Waals surface area contributed by atoms with Gasteiger partial charge >= 0.3 is 0 Å². The van der Waals surface area contributed by atoms with E-state index in [1.54, 1.807) is 12.1 Å². The summed E-state index contributed by atoms with van der Waals surface area (Å²) in [4.78, 5) is 26.3. The highest BCUT2D eigenvalue weighted by atomic mass is 16.1. The number of carbonyl (C=O) groups excluding carboxylic acids is 2. The third-order valence-electron chi connectivity index (χ3n) is 5.23. The standard InChI is InChI=1S/C26H16O2/c27-25-22-14-12-20(18-9-5-2-6-10-18)16-24(22)26(28)21-13-11-19(15-23(21)25)17-7-3-1-4-8-17/h1-16H. The zero-order valence-electron chi connectivity index (χ0n) is 15.1. The van der Waals surface area contributed by atoms with Crippen molar-refractivity contribution in [2.24, 2.45) is 0 Å². The minimum absolute atomic E-state index is 0.0954. The Hall–Kier alpha value is -3.78.